The van der Waals surface area contributed by atoms with Crippen molar-refractivity contribution >= 4 is 17.6 Å². The summed E-state index contributed by atoms with van der Waals surface area (Å²) in [4.78, 5) is 17.0. The molecule has 1 atom stereocenters. The van der Waals surface area contributed by atoms with Crippen molar-refractivity contribution in [2.24, 2.45) is 5.73 Å². The van der Waals surface area contributed by atoms with Crippen LogP contribution in [0.1, 0.15) is 35.5 Å². The molecule has 0 spiro atoms. The van der Waals surface area contributed by atoms with Gasteiger partial charge >= 0.3 is 5.97 Å². The van der Waals surface area contributed by atoms with Crippen molar-refractivity contribution in [1.29, 1.82) is 0 Å². The smallest absolute Gasteiger partial charge is 0.351 e. The number of esters is 1. The summed E-state index contributed by atoms with van der Waals surface area (Å²) in [5.41, 5.74) is 10.5. The molecule has 0 aliphatic rings. The van der Waals surface area contributed by atoms with Crippen LogP contribution in [0.4, 0.5) is 0 Å². The number of halogens is 1. The first-order valence-corrected chi connectivity index (χ1v) is 8.53. The van der Waals surface area contributed by atoms with Gasteiger partial charge in [0.2, 0.25) is 6.10 Å². The van der Waals surface area contributed by atoms with Gasteiger partial charge in [0.25, 0.3) is 0 Å². The van der Waals surface area contributed by atoms with Crippen LogP contribution in [0.5, 0.6) is 0 Å². The fourth-order valence-electron chi connectivity index (χ4n) is 2.91. The molecule has 0 saturated carbocycles. The van der Waals surface area contributed by atoms with Crippen molar-refractivity contribution in [3.05, 3.63) is 64.1 Å². The Hall–Kier alpha value is -2.37. The number of ether oxygens (including phenoxy) is 2. The second-order valence-corrected chi connectivity index (χ2v) is 6.43. The van der Waals surface area contributed by atoms with Gasteiger partial charge in [-0.2, -0.15) is 0 Å². The predicted octanol–water partition coefficient (Wildman–Crippen LogP) is 4.24. The number of aryl methyl sites for hydroxylation is 1. The van der Waals surface area contributed by atoms with E-state index in [0.29, 0.717) is 22.0 Å². The van der Waals surface area contributed by atoms with Crippen molar-refractivity contribution in [2.75, 3.05) is 7.11 Å². The van der Waals surface area contributed by atoms with Crippen LogP contribution in [0, 0.1) is 13.8 Å². The van der Waals surface area contributed by atoms with Gasteiger partial charge in [0.1, 0.15) is 0 Å². The van der Waals surface area contributed by atoms with Crippen LogP contribution in [-0.4, -0.2) is 18.1 Å². The Morgan fingerprint density at radius 2 is 1.92 bits per heavy atom. The van der Waals surface area contributed by atoms with Crippen LogP contribution in [0.2, 0.25) is 5.02 Å². The lowest BCUT2D eigenvalue weighted by Gasteiger charge is -2.24. The predicted molar refractivity (Wildman–Crippen MR) is 103 cm³/mol. The van der Waals surface area contributed by atoms with E-state index in [-0.39, 0.29) is 6.54 Å². The largest absolute Gasteiger partial charge is 0.479 e. The average Bonchev–Trinajstić information content (AvgIpc) is 2.61. The summed E-state index contributed by atoms with van der Waals surface area (Å²) in [6.07, 6.45) is -0.971. The maximum Gasteiger partial charge on any atom is 0.351 e. The normalized spacial score (nSPS) is 11.8. The van der Waals surface area contributed by atoms with Gasteiger partial charge in [-0.3, -0.25) is 4.98 Å². The molecule has 0 saturated heterocycles. The lowest BCUT2D eigenvalue weighted by Crippen LogP contribution is -2.21. The van der Waals surface area contributed by atoms with E-state index in [1.807, 2.05) is 26.0 Å². The molecular formula is C20H23ClN2O3. The van der Waals surface area contributed by atoms with Crippen LogP contribution in [0.15, 0.2) is 36.6 Å². The topological polar surface area (TPSA) is 74.4 Å². The Labute approximate surface area is 158 Å². The fraction of sp³-hybridized carbons (Fsp3) is 0.300. The highest BCUT2D eigenvalue weighted by Crippen LogP contribution is 2.37. The molecule has 2 N–H and O–H groups in total. The van der Waals surface area contributed by atoms with E-state index >= 15 is 0 Å². The molecule has 1 aromatic carbocycles. The number of rotatable bonds is 6. The minimum absolute atomic E-state index is 0.289. The maximum atomic E-state index is 12.4. The van der Waals surface area contributed by atoms with E-state index < -0.39 is 12.1 Å². The highest BCUT2D eigenvalue weighted by atomic mass is 35.5. The third-order valence-corrected chi connectivity index (χ3v) is 4.34. The third-order valence-electron chi connectivity index (χ3n) is 4.09. The van der Waals surface area contributed by atoms with Crippen LogP contribution < -0.4 is 5.73 Å². The molecule has 6 heteroatoms. The highest BCUT2D eigenvalue weighted by molar-refractivity contribution is 6.30. The first-order valence-electron chi connectivity index (χ1n) is 8.16. The first kappa shape index (κ1) is 19.9. The van der Waals surface area contributed by atoms with Gasteiger partial charge in [-0.05, 0) is 49.6 Å². The molecule has 0 bridgehead atoms. The van der Waals surface area contributed by atoms with Crippen molar-refractivity contribution in [3.8, 4) is 11.1 Å². The summed E-state index contributed by atoms with van der Waals surface area (Å²) >= 11 is 6.03. The Bertz CT molecular complexity index is 832. The van der Waals surface area contributed by atoms with E-state index in [4.69, 9.17) is 26.8 Å². The van der Waals surface area contributed by atoms with Gasteiger partial charge in [-0.25, -0.2) is 4.79 Å². The molecule has 138 valence electrons. The molecule has 2 aromatic rings. The molecule has 1 heterocycles. The number of benzene rings is 1. The second kappa shape index (κ2) is 8.34. The standard InChI is InChI=1S/C20H23ClN2O3/c1-11(2)26-19(20(24)25-5)18-13(4)23-16(10-22)12(3)17(18)14-6-8-15(21)9-7-14/h6-9,19H,1,10,22H2,2-5H3/t19-/m0/s1. The molecule has 0 amide bonds. The molecule has 0 aliphatic carbocycles. The lowest BCUT2D eigenvalue weighted by molar-refractivity contribution is -0.152. The Morgan fingerprint density at radius 1 is 1.31 bits per heavy atom. The van der Waals surface area contributed by atoms with E-state index in [1.54, 1.807) is 19.1 Å². The monoisotopic (exact) mass is 374 g/mol. The Kier molecular flexibility index (Phi) is 6.40. The van der Waals surface area contributed by atoms with Crippen LogP contribution in [-0.2, 0) is 20.8 Å². The summed E-state index contributed by atoms with van der Waals surface area (Å²) in [5, 5.41) is 0.625. The number of hydrogen-bond acceptors (Lipinski definition) is 5. The number of carbonyl (C=O) groups excluding carboxylic acids is 1. The van der Waals surface area contributed by atoms with E-state index in [9.17, 15) is 4.79 Å². The van der Waals surface area contributed by atoms with Gasteiger partial charge in [0.15, 0.2) is 0 Å². The number of pyridine rings is 1. The van der Waals surface area contributed by atoms with E-state index in [1.165, 1.54) is 7.11 Å². The molecule has 0 aliphatic heterocycles. The maximum absolute atomic E-state index is 12.4. The summed E-state index contributed by atoms with van der Waals surface area (Å²) < 4.78 is 10.7. The van der Waals surface area contributed by atoms with Crippen molar-refractivity contribution in [3.63, 3.8) is 0 Å². The SMILES string of the molecule is C=C(C)O[C@H](C(=O)OC)c1c(C)nc(CN)c(C)c1-c1ccc(Cl)cc1. The van der Waals surface area contributed by atoms with Gasteiger partial charge in [-0.1, -0.05) is 30.3 Å². The van der Waals surface area contributed by atoms with Gasteiger partial charge in [0, 0.05) is 22.8 Å². The first-order chi connectivity index (χ1) is 12.3. The fourth-order valence-corrected chi connectivity index (χ4v) is 3.04. The molecule has 0 fully saturated rings. The van der Waals surface area contributed by atoms with Gasteiger partial charge in [0.05, 0.1) is 18.6 Å². The van der Waals surface area contributed by atoms with E-state index in [2.05, 4.69) is 11.6 Å². The summed E-state index contributed by atoms with van der Waals surface area (Å²) in [5.74, 6) is -0.115. The molecule has 26 heavy (non-hydrogen) atoms. The zero-order valence-electron chi connectivity index (χ0n) is 15.4. The molecular weight excluding hydrogens is 352 g/mol. The minimum Gasteiger partial charge on any atom is -0.479 e. The van der Waals surface area contributed by atoms with Gasteiger partial charge in [-0.15, -0.1) is 0 Å². The Balaban J connectivity index is 2.81. The second-order valence-electron chi connectivity index (χ2n) is 5.99. The van der Waals surface area contributed by atoms with Crippen molar-refractivity contribution in [2.45, 2.75) is 33.4 Å². The summed E-state index contributed by atoms with van der Waals surface area (Å²) in [6, 6.07) is 7.38. The van der Waals surface area contributed by atoms with Gasteiger partial charge < -0.3 is 15.2 Å². The molecule has 5 nitrogen and oxygen atoms in total. The van der Waals surface area contributed by atoms with Crippen molar-refractivity contribution in [1.82, 2.24) is 4.98 Å². The molecule has 1 aromatic heterocycles. The molecule has 0 radical (unpaired) electrons. The number of methoxy groups -OCH3 is 1. The van der Waals surface area contributed by atoms with Crippen LogP contribution in [0.25, 0.3) is 11.1 Å². The lowest BCUT2D eigenvalue weighted by atomic mass is 9.90. The number of allylic oxidation sites excluding steroid dienone is 1. The zero-order chi connectivity index (χ0) is 19.4. The molecule has 0 unspecified atom stereocenters. The van der Waals surface area contributed by atoms with E-state index in [0.717, 1.165) is 22.4 Å². The quantitative estimate of drug-likeness (QED) is 0.604. The van der Waals surface area contributed by atoms with Crippen molar-refractivity contribution < 1.29 is 14.3 Å². The number of hydrogen-bond donors (Lipinski definition) is 1. The minimum atomic E-state index is -0.971. The van der Waals surface area contributed by atoms with Crippen LogP contribution >= 0.6 is 11.6 Å². The molecule has 2 rings (SSSR count). The number of aromatic nitrogens is 1. The summed E-state index contributed by atoms with van der Waals surface area (Å²) in [7, 11) is 1.32. The number of carbonyl (C=O) groups is 1. The number of nitrogens with two attached hydrogens (primary N) is 1. The highest BCUT2D eigenvalue weighted by Gasteiger charge is 2.30. The zero-order valence-corrected chi connectivity index (χ0v) is 16.2. The summed E-state index contributed by atoms with van der Waals surface area (Å²) in [6.45, 7) is 9.47. The third kappa shape index (κ3) is 4.06. The average molecular weight is 375 g/mol. The number of nitrogens with zero attached hydrogens (tertiary/aromatic N) is 1. The Morgan fingerprint density at radius 3 is 2.42 bits per heavy atom. The van der Waals surface area contributed by atoms with Crippen LogP contribution in [0.3, 0.4) is 0 Å².